The predicted octanol–water partition coefficient (Wildman–Crippen LogP) is 5.23. The number of rotatable bonds is 6. The van der Waals surface area contributed by atoms with Crippen LogP contribution in [0.15, 0.2) is 42.0 Å². The van der Waals surface area contributed by atoms with Crippen molar-refractivity contribution in [3.8, 4) is 0 Å². The zero-order chi connectivity index (χ0) is 16.9. The Morgan fingerprint density at radius 1 is 1.13 bits per heavy atom. The van der Waals surface area contributed by atoms with Crippen LogP contribution in [0.3, 0.4) is 0 Å². The van der Waals surface area contributed by atoms with Gasteiger partial charge in [-0.1, -0.05) is 62.8 Å². The van der Waals surface area contributed by atoms with Crippen molar-refractivity contribution in [3.05, 3.63) is 47.5 Å². The van der Waals surface area contributed by atoms with Gasteiger partial charge in [-0.2, -0.15) is 0 Å². The lowest BCUT2D eigenvalue weighted by molar-refractivity contribution is 0.259. The van der Waals surface area contributed by atoms with E-state index in [4.69, 9.17) is 4.43 Å². The maximum absolute atomic E-state index is 6.33. The SMILES string of the molecule is CC(C)(C)[Si-](C)(C)OCCC1=CCCN(Cc2ccccc2)C1. The highest BCUT2D eigenvalue weighted by Crippen LogP contribution is 2.36. The van der Waals surface area contributed by atoms with Gasteiger partial charge in [-0.25, -0.2) is 0 Å². The average molecular weight is 332 g/mol. The molecule has 0 aliphatic carbocycles. The fraction of sp³-hybridized carbons (Fsp3) is 0.600. The van der Waals surface area contributed by atoms with E-state index in [9.17, 15) is 0 Å². The van der Waals surface area contributed by atoms with Crippen LogP contribution in [0.25, 0.3) is 0 Å². The molecule has 2 rings (SSSR count). The highest BCUT2D eigenvalue weighted by Gasteiger charge is 2.24. The predicted molar refractivity (Wildman–Crippen MR) is 102 cm³/mol. The van der Waals surface area contributed by atoms with Crippen LogP contribution in [-0.4, -0.2) is 32.9 Å². The smallest absolute Gasteiger partial charge is 0.0237 e. The van der Waals surface area contributed by atoms with Crippen molar-refractivity contribution in [1.29, 1.82) is 0 Å². The molecule has 1 aromatic carbocycles. The molecule has 0 unspecified atom stereocenters. The van der Waals surface area contributed by atoms with Crippen LogP contribution >= 0.6 is 0 Å². The van der Waals surface area contributed by atoms with Crippen LogP contribution in [0.1, 0.15) is 39.2 Å². The van der Waals surface area contributed by atoms with Crippen molar-refractivity contribution in [2.24, 2.45) is 0 Å². The molecular weight excluding hydrogens is 298 g/mol. The highest BCUT2D eigenvalue weighted by atomic mass is 28.4. The van der Waals surface area contributed by atoms with E-state index >= 15 is 0 Å². The Bertz CT molecular complexity index is 516. The molecule has 0 saturated heterocycles. The van der Waals surface area contributed by atoms with E-state index in [1.807, 2.05) is 0 Å². The first kappa shape index (κ1) is 18.4. The number of nitrogens with zero attached hydrogens (tertiary/aromatic N) is 1. The molecule has 1 heterocycles. The first-order valence-electron chi connectivity index (χ1n) is 8.86. The van der Waals surface area contributed by atoms with Gasteiger partial charge in [0.25, 0.3) is 0 Å². The standard InChI is InChI=1S/C20H33NOSi/c1-20(2,3)23(4,5)22-15-13-19-12-9-14-21(17-19)16-18-10-7-6-8-11-18/h6-8,10-12H,9,13-17H2,1-5H3/q-1. The lowest BCUT2D eigenvalue weighted by atomic mass is 10.1. The van der Waals surface area contributed by atoms with E-state index in [1.165, 1.54) is 18.5 Å². The summed E-state index contributed by atoms with van der Waals surface area (Å²) < 4.78 is 6.33. The molecule has 0 fully saturated rings. The Labute approximate surface area is 143 Å². The first-order chi connectivity index (χ1) is 10.8. The zero-order valence-electron chi connectivity index (χ0n) is 15.6. The topological polar surface area (TPSA) is 12.5 Å². The molecule has 0 N–H and O–H groups in total. The second-order valence-electron chi connectivity index (χ2n) is 8.21. The summed E-state index contributed by atoms with van der Waals surface area (Å²) in [5.41, 5.74) is 2.96. The molecule has 0 radical (unpaired) electrons. The van der Waals surface area contributed by atoms with Gasteiger partial charge in [0.2, 0.25) is 0 Å². The summed E-state index contributed by atoms with van der Waals surface area (Å²) in [5.74, 6) is 0. The van der Waals surface area contributed by atoms with Crippen molar-refractivity contribution in [1.82, 2.24) is 4.90 Å². The van der Waals surface area contributed by atoms with Gasteiger partial charge in [-0.15, -0.1) is 18.1 Å². The molecule has 1 aliphatic rings. The largest absolute Gasteiger partial charge is 0.564 e. The lowest BCUT2D eigenvalue weighted by Gasteiger charge is -2.48. The fourth-order valence-corrected chi connectivity index (χ4v) is 3.74. The summed E-state index contributed by atoms with van der Waals surface area (Å²) in [5, 5.41) is 0.299. The van der Waals surface area contributed by atoms with E-state index in [2.05, 4.69) is 75.2 Å². The van der Waals surface area contributed by atoms with E-state index < -0.39 is 8.32 Å². The second kappa shape index (κ2) is 7.78. The summed E-state index contributed by atoms with van der Waals surface area (Å²) in [4.78, 5) is 2.55. The van der Waals surface area contributed by atoms with Gasteiger partial charge in [0, 0.05) is 26.2 Å². The normalized spacial score (nSPS) is 17.2. The van der Waals surface area contributed by atoms with Gasteiger partial charge in [0.1, 0.15) is 0 Å². The minimum absolute atomic E-state index is 0.299. The first-order valence-corrected chi connectivity index (χ1v) is 11.8. The Morgan fingerprint density at radius 3 is 2.48 bits per heavy atom. The molecule has 0 atom stereocenters. The van der Waals surface area contributed by atoms with Gasteiger partial charge in [0.15, 0.2) is 0 Å². The number of hydrogen-bond donors (Lipinski definition) is 0. The lowest BCUT2D eigenvalue weighted by Crippen LogP contribution is -2.41. The summed E-state index contributed by atoms with van der Waals surface area (Å²) in [6.45, 7) is 15.8. The highest BCUT2D eigenvalue weighted by molar-refractivity contribution is 6.74. The van der Waals surface area contributed by atoms with Crippen molar-refractivity contribution < 1.29 is 4.43 Å². The van der Waals surface area contributed by atoms with Crippen LogP contribution in [0.4, 0.5) is 0 Å². The third-order valence-electron chi connectivity index (χ3n) is 5.25. The van der Waals surface area contributed by atoms with Gasteiger partial charge >= 0.3 is 0 Å². The zero-order valence-corrected chi connectivity index (χ0v) is 16.6. The molecule has 1 aliphatic heterocycles. The van der Waals surface area contributed by atoms with Crippen molar-refractivity contribution in [2.75, 3.05) is 19.7 Å². The second-order valence-corrected chi connectivity index (χ2v) is 13.0. The molecule has 0 bridgehead atoms. The molecule has 1 aromatic rings. The molecule has 0 aromatic heterocycles. The van der Waals surface area contributed by atoms with Crippen LogP contribution < -0.4 is 0 Å². The van der Waals surface area contributed by atoms with Crippen LogP contribution in [0.5, 0.6) is 0 Å². The Morgan fingerprint density at radius 2 is 1.83 bits per heavy atom. The fourth-order valence-electron chi connectivity index (χ4n) is 2.69. The quantitative estimate of drug-likeness (QED) is 0.523. The van der Waals surface area contributed by atoms with Crippen molar-refractivity contribution >= 4 is 8.32 Å². The molecule has 0 amide bonds. The van der Waals surface area contributed by atoms with E-state index in [1.54, 1.807) is 5.57 Å². The Hall–Kier alpha value is -0.903. The average Bonchev–Trinajstić information content (AvgIpc) is 2.47. The third-order valence-corrected chi connectivity index (χ3v) is 9.78. The molecule has 0 spiro atoms. The molecule has 129 valence electrons. The van der Waals surface area contributed by atoms with E-state index in [0.717, 1.165) is 26.1 Å². The van der Waals surface area contributed by atoms with Crippen LogP contribution in [-0.2, 0) is 11.0 Å². The summed E-state index contributed by atoms with van der Waals surface area (Å²) in [6.07, 6.45) is 4.68. The van der Waals surface area contributed by atoms with Gasteiger partial charge in [-0.05, 0) is 26.7 Å². The molecule has 0 saturated carbocycles. The summed E-state index contributed by atoms with van der Waals surface area (Å²) in [6, 6.07) is 10.8. The minimum Gasteiger partial charge on any atom is -0.564 e. The molecule has 2 nitrogen and oxygen atoms in total. The van der Waals surface area contributed by atoms with Crippen LogP contribution in [0, 0.1) is 0 Å². The van der Waals surface area contributed by atoms with E-state index in [0.29, 0.717) is 5.04 Å². The molecule has 3 heteroatoms. The van der Waals surface area contributed by atoms with Crippen molar-refractivity contribution in [3.63, 3.8) is 0 Å². The maximum atomic E-state index is 6.33. The third kappa shape index (κ3) is 5.59. The number of hydrogen-bond acceptors (Lipinski definition) is 2. The van der Waals surface area contributed by atoms with Crippen LogP contribution in [0.2, 0.25) is 18.1 Å². The molecular formula is C20H33NOSi-. The monoisotopic (exact) mass is 331 g/mol. The minimum atomic E-state index is -1.61. The maximum Gasteiger partial charge on any atom is 0.0237 e. The molecule has 23 heavy (non-hydrogen) atoms. The van der Waals surface area contributed by atoms with Gasteiger partial charge < -0.3 is 4.43 Å². The summed E-state index contributed by atoms with van der Waals surface area (Å²) >= 11 is 0. The van der Waals surface area contributed by atoms with Gasteiger partial charge in [0.05, 0.1) is 0 Å². The Balaban J connectivity index is 1.79. The van der Waals surface area contributed by atoms with Crippen molar-refractivity contribution in [2.45, 2.75) is 58.3 Å². The Kier molecular flexibility index (Phi) is 6.23. The number of benzene rings is 1. The summed E-state index contributed by atoms with van der Waals surface area (Å²) in [7, 11) is -1.61. The van der Waals surface area contributed by atoms with E-state index in [-0.39, 0.29) is 0 Å². The van der Waals surface area contributed by atoms with Gasteiger partial charge in [-0.3, -0.25) is 4.90 Å².